The van der Waals surface area contributed by atoms with Crippen LogP contribution in [0.1, 0.15) is 45.4 Å². The van der Waals surface area contributed by atoms with Crippen molar-refractivity contribution >= 4 is 15.7 Å². The lowest BCUT2D eigenvalue weighted by atomic mass is 9.90. The van der Waals surface area contributed by atoms with Crippen molar-refractivity contribution in [3.05, 3.63) is 24.3 Å². The van der Waals surface area contributed by atoms with E-state index in [0.717, 1.165) is 25.8 Å². The first-order chi connectivity index (χ1) is 10.1. The molecule has 118 valence electrons. The number of rotatable bonds is 7. The molecule has 0 saturated heterocycles. The van der Waals surface area contributed by atoms with Gasteiger partial charge in [-0.2, -0.15) is 0 Å². The summed E-state index contributed by atoms with van der Waals surface area (Å²) >= 11 is 0. The quantitative estimate of drug-likeness (QED) is 0.812. The molecule has 0 spiro atoms. The van der Waals surface area contributed by atoms with Crippen molar-refractivity contribution in [2.75, 3.05) is 18.4 Å². The molecule has 0 heterocycles. The van der Waals surface area contributed by atoms with Crippen molar-refractivity contribution < 1.29 is 8.42 Å². The second kappa shape index (κ2) is 7.80. The van der Waals surface area contributed by atoms with Crippen LogP contribution in [-0.4, -0.2) is 21.5 Å². The third kappa shape index (κ3) is 4.71. The van der Waals surface area contributed by atoms with E-state index in [4.69, 9.17) is 0 Å². The van der Waals surface area contributed by atoms with E-state index in [1.807, 2.05) is 12.1 Å². The number of anilines is 1. The van der Waals surface area contributed by atoms with E-state index in [1.165, 1.54) is 19.3 Å². The van der Waals surface area contributed by atoms with Crippen LogP contribution in [0.25, 0.3) is 0 Å². The number of sulfonamides is 1. The van der Waals surface area contributed by atoms with Crippen molar-refractivity contribution in [2.24, 2.45) is 5.92 Å². The maximum Gasteiger partial charge on any atom is 0.242 e. The summed E-state index contributed by atoms with van der Waals surface area (Å²) in [6, 6.07) is 7.12. The summed E-state index contributed by atoms with van der Waals surface area (Å²) in [5.74, 6) is 0.490. The molecule has 4 nitrogen and oxygen atoms in total. The van der Waals surface area contributed by atoms with Gasteiger partial charge >= 0.3 is 0 Å². The SMILES string of the molecule is CCCNc1ccccc1S(=O)(=O)NCC1CCCCC1. The molecule has 2 rings (SSSR count). The monoisotopic (exact) mass is 310 g/mol. The van der Waals surface area contributed by atoms with Gasteiger partial charge in [0, 0.05) is 13.1 Å². The second-order valence-corrected chi connectivity index (χ2v) is 7.51. The van der Waals surface area contributed by atoms with Gasteiger partial charge in [0.25, 0.3) is 0 Å². The lowest BCUT2D eigenvalue weighted by Crippen LogP contribution is -2.30. The van der Waals surface area contributed by atoms with Crippen LogP contribution >= 0.6 is 0 Å². The zero-order valence-electron chi connectivity index (χ0n) is 12.8. The molecule has 1 aromatic rings. The highest BCUT2D eigenvalue weighted by Crippen LogP contribution is 2.24. The normalized spacial score (nSPS) is 16.8. The molecule has 21 heavy (non-hydrogen) atoms. The summed E-state index contributed by atoms with van der Waals surface area (Å²) in [6.07, 6.45) is 6.97. The first kappa shape index (κ1) is 16.3. The Morgan fingerprint density at radius 1 is 1.14 bits per heavy atom. The smallest absolute Gasteiger partial charge is 0.242 e. The van der Waals surface area contributed by atoms with Crippen molar-refractivity contribution in [3.8, 4) is 0 Å². The Bertz CT molecular complexity index is 537. The topological polar surface area (TPSA) is 58.2 Å². The van der Waals surface area contributed by atoms with Gasteiger partial charge < -0.3 is 5.32 Å². The summed E-state index contributed by atoms with van der Waals surface area (Å²) in [6.45, 7) is 3.39. The first-order valence-corrected chi connectivity index (χ1v) is 9.44. The number of hydrogen-bond acceptors (Lipinski definition) is 3. The Morgan fingerprint density at radius 3 is 2.57 bits per heavy atom. The van der Waals surface area contributed by atoms with E-state index in [2.05, 4.69) is 17.0 Å². The zero-order valence-corrected chi connectivity index (χ0v) is 13.6. The van der Waals surface area contributed by atoms with Crippen LogP contribution in [0.2, 0.25) is 0 Å². The summed E-state index contributed by atoms with van der Waals surface area (Å²) in [4.78, 5) is 0.356. The van der Waals surface area contributed by atoms with Crippen molar-refractivity contribution in [1.29, 1.82) is 0 Å². The Hall–Kier alpha value is -1.07. The number of para-hydroxylation sites is 1. The molecule has 0 aromatic heterocycles. The fourth-order valence-electron chi connectivity index (χ4n) is 2.80. The maximum atomic E-state index is 12.5. The molecular weight excluding hydrogens is 284 g/mol. The van der Waals surface area contributed by atoms with Crippen LogP contribution < -0.4 is 10.0 Å². The van der Waals surface area contributed by atoms with E-state index < -0.39 is 10.0 Å². The summed E-state index contributed by atoms with van der Waals surface area (Å²) in [7, 11) is -3.43. The molecule has 0 radical (unpaired) electrons. The molecule has 1 aromatic carbocycles. The molecule has 0 unspecified atom stereocenters. The molecular formula is C16H26N2O2S. The minimum absolute atomic E-state index is 0.356. The van der Waals surface area contributed by atoms with Gasteiger partial charge in [-0.05, 0) is 37.3 Å². The van der Waals surface area contributed by atoms with Crippen LogP contribution in [0.15, 0.2) is 29.2 Å². The predicted molar refractivity (Wildman–Crippen MR) is 87.0 cm³/mol. The lowest BCUT2D eigenvalue weighted by molar-refractivity contribution is 0.357. The van der Waals surface area contributed by atoms with E-state index >= 15 is 0 Å². The standard InChI is InChI=1S/C16H26N2O2S/c1-2-12-17-15-10-6-7-11-16(15)21(19,20)18-13-14-8-4-3-5-9-14/h6-7,10-11,14,17-18H,2-5,8-9,12-13H2,1H3. The van der Waals surface area contributed by atoms with Gasteiger partial charge in [0.1, 0.15) is 4.90 Å². The summed E-state index contributed by atoms with van der Waals surface area (Å²) < 4.78 is 27.8. The zero-order chi connectivity index (χ0) is 15.1. The second-order valence-electron chi connectivity index (χ2n) is 5.78. The number of nitrogens with one attached hydrogen (secondary N) is 2. The van der Waals surface area contributed by atoms with Crippen LogP contribution in [0.4, 0.5) is 5.69 Å². The largest absolute Gasteiger partial charge is 0.384 e. The Kier molecular flexibility index (Phi) is 6.06. The number of benzene rings is 1. The van der Waals surface area contributed by atoms with Crippen LogP contribution in [0.3, 0.4) is 0 Å². The third-order valence-corrected chi connectivity index (χ3v) is 5.51. The molecule has 2 N–H and O–H groups in total. The van der Waals surface area contributed by atoms with Gasteiger partial charge in [-0.15, -0.1) is 0 Å². The van der Waals surface area contributed by atoms with Crippen molar-refractivity contribution in [3.63, 3.8) is 0 Å². The molecule has 0 aliphatic heterocycles. The number of hydrogen-bond donors (Lipinski definition) is 2. The molecule has 1 aliphatic carbocycles. The minimum Gasteiger partial charge on any atom is -0.384 e. The van der Waals surface area contributed by atoms with Crippen molar-refractivity contribution in [1.82, 2.24) is 4.72 Å². The van der Waals surface area contributed by atoms with E-state index in [-0.39, 0.29) is 0 Å². The van der Waals surface area contributed by atoms with Gasteiger partial charge in [-0.1, -0.05) is 38.3 Å². The van der Waals surface area contributed by atoms with Crippen LogP contribution in [0, 0.1) is 5.92 Å². The molecule has 5 heteroatoms. The van der Waals surface area contributed by atoms with E-state index in [1.54, 1.807) is 12.1 Å². The van der Waals surface area contributed by atoms with Gasteiger partial charge in [-0.25, -0.2) is 13.1 Å². The molecule has 1 fully saturated rings. The predicted octanol–water partition coefficient (Wildman–Crippen LogP) is 3.37. The van der Waals surface area contributed by atoms with Gasteiger partial charge in [-0.3, -0.25) is 0 Å². The lowest BCUT2D eigenvalue weighted by Gasteiger charge is -2.22. The fourth-order valence-corrected chi connectivity index (χ4v) is 4.10. The molecule has 0 bridgehead atoms. The summed E-state index contributed by atoms with van der Waals surface area (Å²) in [5.41, 5.74) is 0.690. The first-order valence-electron chi connectivity index (χ1n) is 7.96. The minimum atomic E-state index is -3.43. The van der Waals surface area contributed by atoms with E-state index in [9.17, 15) is 8.42 Å². The van der Waals surface area contributed by atoms with Gasteiger partial charge in [0.2, 0.25) is 10.0 Å². The van der Waals surface area contributed by atoms with Gasteiger partial charge in [0.05, 0.1) is 5.69 Å². The maximum absolute atomic E-state index is 12.5. The molecule has 0 atom stereocenters. The fraction of sp³-hybridized carbons (Fsp3) is 0.625. The van der Waals surface area contributed by atoms with Crippen LogP contribution in [-0.2, 0) is 10.0 Å². The highest BCUT2D eigenvalue weighted by atomic mass is 32.2. The molecule has 1 aliphatic rings. The van der Waals surface area contributed by atoms with Crippen LogP contribution in [0.5, 0.6) is 0 Å². The third-order valence-electron chi connectivity index (χ3n) is 4.03. The Labute approximate surface area is 128 Å². The average Bonchev–Trinajstić information content (AvgIpc) is 2.52. The molecule has 1 saturated carbocycles. The molecule has 0 amide bonds. The highest BCUT2D eigenvalue weighted by Gasteiger charge is 2.20. The highest BCUT2D eigenvalue weighted by molar-refractivity contribution is 7.89. The average molecular weight is 310 g/mol. The van der Waals surface area contributed by atoms with E-state index in [0.29, 0.717) is 23.0 Å². The van der Waals surface area contributed by atoms with Gasteiger partial charge in [0.15, 0.2) is 0 Å². The summed E-state index contributed by atoms with van der Waals surface area (Å²) in [5, 5.41) is 3.19. The Morgan fingerprint density at radius 2 is 1.86 bits per heavy atom. The Balaban J connectivity index is 2.04. The van der Waals surface area contributed by atoms with Crippen molar-refractivity contribution in [2.45, 2.75) is 50.3 Å².